The van der Waals surface area contributed by atoms with E-state index in [1.54, 1.807) is 6.20 Å². The third-order valence-electron chi connectivity index (χ3n) is 4.56. The maximum absolute atomic E-state index is 5.94. The van der Waals surface area contributed by atoms with E-state index < -0.39 is 0 Å². The van der Waals surface area contributed by atoms with Crippen molar-refractivity contribution in [2.24, 2.45) is 10.4 Å². The van der Waals surface area contributed by atoms with Gasteiger partial charge in [-0.1, -0.05) is 13.0 Å². The summed E-state index contributed by atoms with van der Waals surface area (Å²) < 4.78 is 11.5. The zero-order valence-electron chi connectivity index (χ0n) is 14.4. The van der Waals surface area contributed by atoms with Crippen molar-refractivity contribution in [3.05, 3.63) is 24.4 Å². The first kappa shape index (κ1) is 19.2. The van der Waals surface area contributed by atoms with Gasteiger partial charge in [0.25, 0.3) is 0 Å². The molecule has 0 aromatic carbocycles. The number of aliphatic imine (C=N–C) groups is 1. The molecule has 2 aliphatic rings. The van der Waals surface area contributed by atoms with Gasteiger partial charge in [-0.25, -0.2) is 4.98 Å². The number of nitrogens with one attached hydrogen (secondary N) is 1. The molecule has 0 saturated carbocycles. The van der Waals surface area contributed by atoms with Crippen LogP contribution in [-0.4, -0.2) is 61.8 Å². The average molecular weight is 446 g/mol. The van der Waals surface area contributed by atoms with Crippen LogP contribution in [0.15, 0.2) is 29.4 Å². The number of nitrogens with zero attached hydrogens (tertiary/aromatic N) is 3. The van der Waals surface area contributed by atoms with Crippen LogP contribution in [0.25, 0.3) is 0 Å². The van der Waals surface area contributed by atoms with Gasteiger partial charge < -0.3 is 19.7 Å². The van der Waals surface area contributed by atoms with E-state index in [0.29, 0.717) is 5.88 Å². The van der Waals surface area contributed by atoms with Crippen LogP contribution in [-0.2, 0) is 4.74 Å². The smallest absolute Gasteiger partial charge is 0.213 e. The Labute approximate surface area is 161 Å². The molecule has 2 aliphatic heterocycles. The summed E-state index contributed by atoms with van der Waals surface area (Å²) in [7, 11) is 1.84. The molecule has 24 heavy (non-hydrogen) atoms. The largest absolute Gasteiger partial charge is 0.472 e. The first-order valence-corrected chi connectivity index (χ1v) is 8.30. The van der Waals surface area contributed by atoms with E-state index in [2.05, 4.69) is 27.1 Å². The molecule has 0 amide bonds. The van der Waals surface area contributed by atoms with Gasteiger partial charge in [-0.2, -0.15) is 0 Å². The van der Waals surface area contributed by atoms with Crippen molar-refractivity contribution in [3.63, 3.8) is 0 Å². The molecule has 2 unspecified atom stereocenters. The molecule has 2 saturated heterocycles. The van der Waals surface area contributed by atoms with E-state index in [1.807, 2.05) is 25.2 Å². The summed E-state index contributed by atoms with van der Waals surface area (Å²) in [6.07, 6.45) is 4.00. The molecular weight excluding hydrogens is 419 g/mol. The highest BCUT2D eigenvalue weighted by Gasteiger charge is 2.31. The molecule has 134 valence electrons. The Kier molecular flexibility index (Phi) is 7.09. The summed E-state index contributed by atoms with van der Waals surface area (Å²) in [5.41, 5.74) is 0.208. The fraction of sp³-hybridized carbons (Fsp3) is 0.647. The van der Waals surface area contributed by atoms with Gasteiger partial charge in [-0.15, -0.1) is 24.0 Å². The van der Waals surface area contributed by atoms with E-state index in [1.165, 1.54) is 0 Å². The Bertz CT molecular complexity index is 535. The van der Waals surface area contributed by atoms with E-state index in [0.717, 1.165) is 51.6 Å². The zero-order chi connectivity index (χ0) is 16.1. The third kappa shape index (κ3) is 4.95. The summed E-state index contributed by atoms with van der Waals surface area (Å²) in [5.74, 6) is 1.64. The lowest BCUT2D eigenvalue weighted by atomic mass is 9.90. The minimum Gasteiger partial charge on any atom is -0.472 e. The fourth-order valence-corrected chi connectivity index (χ4v) is 3.08. The van der Waals surface area contributed by atoms with Crippen molar-refractivity contribution in [1.29, 1.82) is 0 Å². The van der Waals surface area contributed by atoms with Crippen molar-refractivity contribution in [3.8, 4) is 5.88 Å². The van der Waals surface area contributed by atoms with Crippen LogP contribution in [0.2, 0.25) is 0 Å². The Balaban J connectivity index is 0.00000208. The molecule has 0 bridgehead atoms. The van der Waals surface area contributed by atoms with Gasteiger partial charge in [0.1, 0.15) is 6.10 Å². The van der Waals surface area contributed by atoms with Crippen molar-refractivity contribution in [1.82, 2.24) is 15.2 Å². The van der Waals surface area contributed by atoms with Gasteiger partial charge in [0.15, 0.2) is 5.96 Å². The van der Waals surface area contributed by atoms with Gasteiger partial charge in [0, 0.05) is 50.8 Å². The molecule has 3 heterocycles. The van der Waals surface area contributed by atoms with Crippen LogP contribution in [0, 0.1) is 5.41 Å². The van der Waals surface area contributed by atoms with Crippen LogP contribution in [0.4, 0.5) is 0 Å². The predicted molar refractivity (Wildman–Crippen MR) is 105 cm³/mol. The highest BCUT2D eigenvalue weighted by atomic mass is 127. The quantitative estimate of drug-likeness (QED) is 0.437. The molecule has 1 aromatic heterocycles. The number of ether oxygens (including phenoxy) is 2. The third-order valence-corrected chi connectivity index (χ3v) is 4.56. The van der Waals surface area contributed by atoms with Gasteiger partial charge in [-0.05, 0) is 12.5 Å². The highest BCUT2D eigenvalue weighted by molar-refractivity contribution is 14.0. The van der Waals surface area contributed by atoms with E-state index in [-0.39, 0.29) is 35.5 Å². The molecule has 6 nitrogen and oxygen atoms in total. The maximum Gasteiger partial charge on any atom is 0.213 e. The molecule has 2 fully saturated rings. The SMILES string of the molecule is CN=C(NCC1(C)CCOC1)N1CCC(Oc2ccccn2)C1.I. The number of guanidine groups is 1. The first-order valence-electron chi connectivity index (χ1n) is 8.30. The van der Waals surface area contributed by atoms with Crippen LogP contribution in [0.1, 0.15) is 19.8 Å². The lowest BCUT2D eigenvalue weighted by molar-refractivity contribution is 0.160. The normalized spacial score (nSPS) is 27.0. The highest BCUT2D eigenvalue weighted by Crippen LogP contribution is 2.26. The lowest BCUT2D eigenvalue weighted by Crippen LogP contribution is -2.45. The Morgan fingerprint density at radius 2 is 2.42 bits per heavy atom. The van der Waals surface area contributed by atoms with Crippen molar-refractivity contribution >= 4 is 29.9 Å². The first-order chi connectivity index (χ1) is 11.2. The second-order valence-corrected chi connectivity index (χ2v) is 6.66. The number of hydrogen-bond acceptors (Lipinski definition) is 4. The predicted octanol–water partition coefficient (Wildman–Crippen LogP) is 2.15. The minimum atomic E-state index is 0. The van der Waals surface area contributed by atoms with E-state index >= 15 is 0 Å². The summed E-state index contributed by atoms with van der Waals surface area (Å²) in [6.45, 7) is 6.62. The summed E-state index contributed by atoms with van der Waals surface area (Å²) in [5, 5.41) is 3.50. The topological polar surface area (TPSA) is 59.0 Å². The molecule has 1 aromatic rings. The van der Waals surface area contributed by atoms with Gasteiger partial charge in [-0.3, -0.25) is 4.99 Å². The molecule has 2 atom stereocenters. The standard InChI is InChI=1S/C17H26N4O2.HI/c1-17(7-10-22-13-17)12-20-16(18-2)21-9-6-14(11-21)23-15-5-3-4-8-19-15;/h3-5,8,14H,6-7,9-13H2,1-2H3,(H,18,20);1H. The van der Waals surface area contributed by atoms with Crippen LogP contribution >= 0.6 is 24.0 Å². The number of halogens is 1. The maximum atomic E-state index is 5.94. The number of hydrogen-bond donors (Lipinski definition) is 1. The molecule has 0 radical (unpaired) electrons. The van der Waals surface area contributed by atoms with E-state index in [9.17, 15) is 0 Å². The molecule has 0 aliphatic carbocycles. The number of likely N-dealkylation sites (tertiary alicyclic amines) is 1. The Hall–Kier alpha value is -1.09. The van der Waals surface area contributed by atoms with Crippen LogP contribution < -0.4 is 10.1 Å². The fourth-order valence-electron chi connectivity index (χ4n) is 3.08. The Morgan fingerprint density at radius 1 is 1.54 bits per heavy atom. The molecule has 7 heteroatoms. The Morgan fingerprint density at radius 3 is 3.08 bits per heavy atom. The monoisotopic (exact) mass is 446 g/mol. The number of rotatable bonds is 4. The zero-order valence-corrected chi connectivity index (χ0v) is 16.7. The second kappa shape index (κ2) is 8.84. The second-order valence-electron chi connectivity index (χ2n) is 6.66. The average Bonchev–Trinajstić information content (AvgIpc) is 3.19. The molecule has 3 rings (SSSR count). The van der Waals surface area contributed by atoms with E-state index in [4.69, 9.17) is 9.47 Å². The summed E-state index contributed by atoms with van der Waals surface area (Å²) in [6, 6.07) is 5.74. The molecular formula is C17H27IN4O2. The van der Waals surface area contributed by atoms with Gasteiger partial charge >= 0.3 is 0 Å². The van der Waals surface area contributed by atoms with Crippen molar-refractivity contribution < 1.29 is 9.47 Å². The van der Waals surface area contributed by atoms with Crippen molar-refractivity contribution in [2.45, 2.75) is 25.9 Å². The molecule has 1 N–H and O–H groups in total. The van der Waals surface area contributed by atoms with Crippen LogP contribution in [0.3, 0.4) is 0 Å². The summed E-state index contributed by atoms with van der Waals surface area (Å²) >= 11 is 0. The molecule has 0 spiro atoms. The van der Waals surface area contributed by atoms with Crippen molar-refractivity contribution in [2.75, 3.05) is 39.9 Å². The number of aromatic nitrogens is 1. The number of pyridine rings is 1. The lowest BCUT2D eigenvalue weighted by Gasteiger charge is -2.27. The van der Waals surface area contributed by atoms with Gasteiger partial charge in [0.2, 0.25) is 5.88 Å². The van der Waals surface area contributed by atoms with Gasteiger partial charge in [0.05, 0.1) is 13.2 Å². The minimum absolute atomic E-state index is 0. The van der Waals surface area contributed by atoms with Crippen LogP contribution in [0.5, 0.6) is 5.88 Å². The summed E-state index contributed by atoms with van der Waals surface area (Å²) in [4.78, 5) is 10.9.